The minimum Gasteiger partial charge on any atom is -0.392 e. The van der Waals surface area contributed by atoms with Gasteiger partial charge in [-0.25, -0.2) is 0 Å². The summed E-state index contributed by atoms with van der Waals surface area (Å²) in [6, 6.07) is 7.79. The maximum Gasteiger partial charge on any atom is 0.237 e. The van der Waals surface area contributed by atoms with Gasteiger partial charge in [0.25, 0.3) is 0 Å². The number of hydrogen-bond donors (Lipinski definition) is 1. The molecule has 1 aromatic carbocycles. The number of aromatic nitrogens is 2. The number of rotatable bonds is 5. The molecule has 2 aromatic rings. The lowest BCUT2D eigenvalue weighted by Gasteiger charge is -2.00. The van der Waals surface area contributed by atoms with Crippen LogP contribution >= 0.6 is 11.8 Å². The lowest BCUT2D eigenvalue weighted by atomic mass is 10.2. The average molecular weight is 264 g/mol. The molecule has 96 valence electrons. The van der Waals surface area contributed by atoms with Gasteiger partial charge in [-0.15, -0.1) is 11.8 Å². The average Bonchev–Trinajstić information content (AvgIpc) is 2.85. The molecule has 0 spiro atoms. The number of hydrogen-bond acceptors (Lipinski definition) is 5. The van der Waals surface area contributed by atoms with Crippen molar-refractivity contribution in [2.45, 2.75) is 37.0 Å². The van der Waals surface area contributed by atoms with Crippen LogP contribution in [0.3, 0.4) is 0 Å². The zero-order valence-electron chi connectivity index (χ0n) is 10.5. The molecule has 0 aliphatic rings. The van der Waals surface area contributed by atoms with Crippen LogP contribution in [0.1, 0.15) is 37.0 Å². The highest BCUT2D eigenvalue weighted by Gasteiger charge is 2.09. The molecule has 0 fully saturated rings. The Bertz CT molecular complexity index is 511. The van der Waals surface area contributed by atoms with Gasteiger partial charge >= 0.3 is 0 Å². The topological polar surface area (TPSA) is 59.2 Å². The van der Waals surface area contributed by atoms with Crippen LogP contribution in [0, 0.1) is 0 Å². The Morgan fingerprint density at radius 2 is 2.22 bits per heavy atom. The van der Waals surface area contributed by atoms with Crippen molar-refractivity contribution in [2.24, 2.45) is 0 Å². The van der Waals surface area contributed by atoms with E-state index >= 15 is 0 Å². The van der Waals surface area contributed by atoms with E-state index in [4.69, 9.17) is 9.63 Å². The highest BCUT2D eigenvalue weighted by molar-refractivity contribution is 7.98. The smallest absolute Gasteiger partial charge is 0.237 e. The summed E-state index contributed by atoms with van der Waals surface area (Å²) in [6.07, 6.45) is 0. The molecule has 0 atom stereocenters. The molecule has 1 heterocycles. The summed E-state index contributed by atoms with van der Waals surface area (Å²) in [4.78, 5) is 5.41. The molecule has 18 heavy (non-hydrogen) atoms. The normalized spacial score (nSPS) is 11.1. The Labute approximate surface area is 110 Å². The molecule has 4 nitrogen and oxygen atoms in total. The van der Waals surface area contributed by atoms with Gasteiger partial charge < -0.3 is 9.63 Å². The van der Waals surface area contributed by atoms with Crippen molar-refractivity contribution >= 4 is 11.8 Å². The van der Waals surface area contributed by atoms with E-state index in [-0.39, 0.29) is 12.5 Å². The molecule has 0 saturated heterocycles. The van der Waals surface area contributed by atoms with Crippen LogP contribution in [0.4, 0.5) is 0 Å². The second kappa shape index (κ2) is 6.02. The second-order valence-electron chi connectivity index (χ2n) is 4.30. The number of aliphatic hydroxyl groups excluding tert-OH is 1. The standard InChI is InChI=1S/C13H16N2O2S/c1-9(2)13-14-12(17-15-13)8-18-11-5-3-4-10(6-11)7-16/h3-6,9,16H,7-8H2,1-2H3. The third kappa shape index (κ3) is 3.34. The van der Waals surface area contributed by atoms with Gasteiger partial charge in [0.1, 0.15) is 0 Å². The zero-order valence-corrected chi connectivity index (χ0v) is 11.3. The Hall–Kier alpha value is -1.33. The molecule has 0 saturated carbocycles. The molecule has 5 heteroatoms. The van der Waals surface area contributed by atoms with Gasteiger partial charge in [-0.2, -0.15) is 4.98 Å². The van der Waals surface area contributed by atoms with Gasteiger partial charge in [-0.1, -0.05) is 31.1 Å². The van der Waals surface area contributed by atoms with Crippen molar-refractivity contribution in [3.05, 3.63) is 41.5 Å². The maximum atomic E-state index is 9.06. The summed E-state index contributed by atoms with van der Waals surface area (Å²) in [6.45, 7) is 4.13. The van der Waals surface area contributed by atoms with E-state index in [1.807, 2.05) is 38.1 Å². The van der Waals surface area contributed by atoms with E-state index in [0.29, 0.717) is 11.6 Å². The lowest BCUT2D eigenvalue weighted by molar-refractivity contribution is 0.281. The van der Waals surface area contributed by atoms with E-state index in [0.717, 1.165) is 16.3 Å². The SMILES string of the molecule is CC(C)c1noc(CSc2cccc(CO)c2)n1. The lowest BCUT2D eigenvalue weighted by Crippen LogP contribution is -1.90. The van der Waals surface area contributed by atoms with Crippen molar-refractivity contribution in [3.8, 4) is 0 Å². The van der Waals surface area contributed by atoms with Crippen LogP contribution in [0.2, 0.25) is 0 Å². The Morgan fingerprint density at radius 1 is 1.39 bits per heavy atom. The first kappa shape index (κ1) is 13.1. The van der Waals surface area contributed by atoms with Crippen molar-refractivity contribution in [1.29, 1.82) is 0 Å². The first-order valence-corrected chi connectivity index (χ1v) is 6.82. The fourth-order valence-electron chi connectivity index (χ4n) is 1.44. The summed E-state index contributed by atoms with van der Waals surface area (Å²) in [5, 5.41) is 13.0. The Kier molecular flexibility index (Phi) is 4.38. The van der Waals surface area contributed by atoms with Gasteiger partial charge in [-0.3, -0.25) is 0 Å². The van der Waals surface area contributed by atoms with Crippen molar-refractivity contribution in [3.63, 3.8) is 0 Å². The van der Waals surface area contributed by atoms with E-state index in [2.05, 4.69) is 10.1 Å². The van der Waals surface area contributed by atoms with Gasteiger partial charge in [-0.05, 0) is 17.7 Å². The van der Waals surface area contributed by atoms with Gasteiger partial charge in [0.15, 0.2) is 5.82 Å². The highest BCUT2D eigenvalue weighted by Crippen LogP contribution is 2.23. The molecule has 0 bridgehead atoms. The summed E-state index contributed by atoms with van der Waals surface area (Å²) in [5.41, 5.74) is 0.911. The van der Waals surface area contributed by atoms with Gasteiger partial charge in [0.2, 0.25) is 5.89 Å². The van der Waals surface area contributed by atoms with Crippen LogP contribution in [-0.2, 0) is 12.4 Å². The van der Waals surface area contributed by atoms with E-state index in [1.54, 1.807) is 11.8 Å². The number of benzene rings is 1. The first-order chi connectivity index (χ1) is 8.69. The monoisotopic (exact) mass is 264 g/mol. The summed E-state index contributed by atoms with van der Waals surface area (Å²) in [7, 11) is 0. The molecule has 0 radical (unpaired) electrons. The fraction of sp³-hybridized carbons (Fsp3) is 0.385. The molecular weight excluding hydrogens is 248 g/mol. The minimum atomic E-state index is 0.0620. The van der Waals surface area contributed by atoms with Crippen LogP contribution < -0.4 is 0 Å². The van der Waals surface area contributed by atoms with Crippen molar-refractivity contribution in [1.82, 2.24) is 10.1 Å². The Morgan fingerprint density at radius 3 is 2.89 bits per heavy atom. The number of nitrogens with zero attached hydrogens (tertiary/aromatic N) is 2. The molecule has 0 aliphatic heterocycles. The summed E-state index contributed by atoms with van der Waals surface area (Å²) in [5.74, 6) is 2.31. The van der Waals surface area contributed by atoms with E-state index < -0.39 is 0 Å². The largest absolute Gasteiger partial charge is 0.392 e. The molecule has 1 N–H and O–H groups in total. The van der Waals surface area contributed by atoms with Crippen LogP contribution in [0.15, 0.2) is 33.7 Å². The first-order valence-electron chi connectivity index (χ1n) is 5.84. The van der Waals surface area contributed by atoms with E-state index in [9.17, 15) is 0 Å². The zero-order chi connectivity index (χ0) is 13.0. The van der Waals surface area contributed by atoms with Crippen molar-refractivity contribution < 1.29 is 9.63 Å². The quantitative estimate of drug-likeness (QED) is 0.841. The van der Waals surface area contributed by atoms with Gasteiger partial charge in [0.05, 0.1) is 12.4 Å². The highest BCUT2D eigenvalue weighted by atomic mass is 32.2. The molecular formula is C13H16N2O2S. The molecule has 0 aliphatic carbocycles. The predicted octanol–water partition coefficient (Wildman–Crippen LogP) is 2.98. The van der Waals surface area contributed by atoms with Crippen molar-refractivity contribution in [2.75, 3.05) is 0 Å². The van der Waals surface area contributed by atoms with Gasteiger partial charge in [0, 0.05) is 10.8 Å². The minimum absolute atomic E-state index is 0.0620. The molecule has 2 rings (SSSR count). The Balaban J connectivity index is 1.97. The maximum absolute atomic E-state index is 9.06. The van der Waals surface area contributed by atoms with E-state index in [1.165, 1.54) is 0 Å². The van der Waals surface area contributed by atoms with Crippen LogP contribution in [0.5, 0.6) is 0 Å². The third-order valence-corrected chi connectivity index (χ3v) is 3.42. The molecule has 0 amide bonds. The second-order valence-corrected chi connectivity index (χ2v) is 5.34. The fourth-order valence-corrected chi connectivity index (χ4v) is 2.26. The predicted molar refractivity (Wildman–Crippen MR) is 70.3 cm³/mol. The number of thioether (sulfide) groups is 1. The molecule has 1 aromatic heterocycles. The number of aliphatic hydroxyl groups is 1. The molecule has 0 unspecified atom stereocenters. The van der Waals surface area contributed by atoms with Crippen LogP contribution in [-0.4, -0.2) is 15.2 Å². The third-order valence-electron chi connectivity index (χ3n) is 2.44. The summed E-state index contributed by atoms with van der Waals surface area (Å²) >= 11 is 1.62. The van der Waals surface area contributed by atoms with Crippen LogP contribution in [0.25, 0.3) is 0 Å². The summed E-state index contributed by atoms with van der Waals surface area (Å²) < 4.78 is 5.17.